The summed E-state index contributed by atoms with van der Waals surface area (Å²) in [4.78, 5) is 49.8. The zero-order valence-electron chi connectivity index (χ0n) is 17.9. The summed E-state index contributed by atoms with van der Waals surface area (Å²) in [6.07, 6.45) is 7.86. The fourth-order valence-corrected chi connectivity index (χ4v) is 6.86. The third-order valence-electron chi connectivity index (χ3n) is 8.52. The van der Waals surface area contributed by atoms with Gasteiger partial charge in [0.2, 0.25) is 5.78 Å². The van der Waals surface area contributed by atoms with Gasteiger partial charge in [0, 0.05) is 29.6 Å². The molecule has 6 heteroatoms. The van der Waals surface area contributed by atoms with E-state index in [0.717, 1.165) is 18.4 Å². The molecule has 0 radical (unpaired) electrons. The largest absolute Gasteiger partial charge is 0.458 e. The molecule has 162 valence electrons. The topological polar surface area (TPSA) is 97.7 Å². The van der Waals surface area contributed by atoms with Crippen molar-refractivity contribution in [2.24, 2.45) is 28.6 Å². The molecule has 0 heterocycles. The van der Waals surface area contributed by atoms with E-state index in [4.69, 9.17) is 4.74 Å². The summed E-state index contributed by atoms with van der Waals surface area (Å²) in [5.41, 5.74) is -1.99. The molecule has 0 amide bonds. The molecule has 3 saturated carbocycles. The summed E-state index contributed by atoms with van der Waals surface area (Å²) >= 11 is 0. The average Bonchev–Trinajstić information content (AvgIpc) is 2.97. The van der Waals surface area contributed by atoms with E-state index >= 15 is 0 Å². The lowest BCUT2D eigenvalue weighted by Crippen LogP contribution is -2.60. The zero-order valence-corrected chi connectivity index (χ0v) is 17.9. The van der Waals surface area contributed by atoms with Gasteiger partial charge in [-0.05, 0) is 49.7 Å². The second-order valence-electron chi connectivity index (χ2n) is 9.87. The normalized spacial score (nSPS) is 42.1. The van der Waals surface area contributed by atoms with Gasteiger partial charge >= 0.3 is 5.97 Å². The minimum atomic E-state index is -1.66. The van der Waals surface area contributed by atoms with Crippen LogP contribution in [0.15, 0.2) is 23.8 Å². The molecule has 3 fully saturated rings. The van der Waals surface area contributed by atoms with Crippen LogP contribution in [0.4, 0.5) is 0 Å². The Morgan fingerprint density at radius 2 is 1.97 bits per heavy atom. The summed E-state index contributed by atoms with van der Waals surface area (Å²) < 4.78 is 5.00. The van der Waals surface area contributed by atoms with Crippen LogP contribution in [0.2, 0.25) is 0 Å². The number of ether oxygens (including phenoxy) is 1. The monoisotopic (exact) mass is 414 g/mol. The predicted octanol–water partition coefficient (Wildman–Crippen LogP) is 2.73. The van der Waals surface area contributed by atoms with Gasteiger partial charge in [0.25, 0.3) is 0 Å². The highest BCUT2D eigenvalue weighted by Crippen LogP contribution is 2.66. The van der Waals surface area contributed by atoms with E-state index in [1.54, 1.807) is 19.1 Å². The first-order valence-corrected chi connectivity index (χ1v) is 10.9. The quantitative estimate of drug-likeness (QED) is 0.711. The molecule has 6 unspecified atom stereocenters. The van der Waals surface area contributed by atoms with Crippen LogP contribution >= 0.6 is 0 Å². The summed E-state index contributed by atoms with van der Waals surface area (Å²) in [6, 6.07) is 0. The molecule has 0 saturated heterocycles. The molecule has 0 bridgehead atoms. The Balaban J connectivity index is 1.64. The highest BCUT2D eigenvalue weighted by atomic mass is 16.5. The second kappa shape index (κ2) is 6.98. The molecule has 0 aliphatic heterocycles. The van der Waals surface area contributed by atoms with E-state index in [1.165, 1.54) is 0 Å². The van der Waals surface area contributed by atoms with Gasteiger partial charge in [-0.3, -0.25) is 19.2 Å². The van der Waals surface area contributed by atoms with E-state index in [1.807, 2.05) is 19.9 Å². The fraction of sp³-hybridized carbons (Fsp3) is 0.667. The summed E-state index contributed by atoms with van der Waals surface area (Å²) in [5, 5.41) is 11.5. The van der Waals surface area contributed by atoms with E-state index in [2.05, 4.69) is 0 Å². The van der Waals surface area contributed by atoms with Gasteiger partial charge in [-0.15, -0.1) is 0 Å². The lowest BCUT2D eigenvalue weighted by Gasteiger charge is -2.56. The Labute approximate surface area is 176 Å². The number of rotatable bonds is 4. The number of ketones is 3. The number of hydrogen-bond acceptors (Lipinski definition) is 6. The van der Waals surface area contributed by atoms with Crippen molar-refractivity contribution in [3.05, 3.63) is 23.8 Å². The van der Waals surface area contributed by atoms with E-state index in [-0.39, 0.29) is 48.6 Å². The van der Waals surface area contributed by atoms with Crippen LogP contribution in [0.5, 0.6) is 0 Å². The minimum absolute atomic E-state index is 0.0282. The van der Waals surface area contributed by atoms with Crippen molar-refractivity contribution in [2.75, 3.05) is 6.61 Å². The molecule has 6 atom stereocenters. The van der Waals surface area contributed by atoms with Gasteiger partial charge in [0.05, 0.1) is 0 Å². The van der Waals surface area contributed by atoms with E-state index in [9.17, 15) is 24.3 Å². The van der Waals surface area contributed by atoms with Crippen molar-refractivity contribution in [1.29, 1.82) is 0 Å². The highest BCUT2D eigenvalue weighted by molar-refractivity contribution is 6.02. The number of aliphatic hydroxyl groups is 1. The van der Waals surface area contributed by atoms with Crippen molar-refractivity contribution < 1.29 is 29.0 Å². The fourth-order valence-electron chi connectivity index (χ4n) is 6.86. The number of carbonyl (C=O) groups excluding carboxylic acids is 4. The standard InChI is InChI=1S/C24H30O6/c1-4-20(28)30-13-19(27)24(29)10-8-17-16-6-5-14-11-15(25)7-9-22(14,2)21(16)18(26)12-23(17,24)3/h7,9,11,16-17,21,29H,4-6,8,10,12-13H2,1-3H3. The predicted molar refractivity (Wildman–Crippen MR) is 108 cm³/mol. The molecule has 0 aromatic carbocycles. The zero-order chi connectivity index (χ0) is 21.9. The molecular formula is C24H30O6. The van der Waals surface area contributed by atoms with Crippen LogP contribution in [0, 0.1) is 28.6 Å². The van der Waals surface area contributed by atoms with Gasteiger partial charge in [-0.25, -0.2) is 0 Å². The van der Waals surface area contributed by atoms with Crippen molar-refractivity contribution in [3.63, 3.8) is 0 Å². The van der Waals surface area contributed by atoms with Crippen LogP contribution in [0.1, 0.15) is 59.3 Å². The van der Waals surface area contributed by atoms with Crippen molar-refractivity contribution in [2.45, 2.75) is 64.9 Å². The third kappa shape index (κ3) is 2.79. The number of hydrogen-bond donors (Lipinski definition) is 1. The molecule has 6 nitrogen and oxygen atoms in total. The van der Waals surface area contributed by atoms with Crippen LogP contribution in [-0.4, -0.2) is 40.6 Å². The van der Waals surface area contributed by atoms with Crippen LogP contribution in [0.3, 0.4) is 0 Å². The second-order valence-corrected chi connectivity index (χ2v) is 9.87. The van der Waals surface area contributed by atoms with Crippen molar-refractivity contribution in [1.82, 2.24) is 0 Å². The molecule has 4 aliphatic carbocycles. The van der Waals surface area contributed by atoms with E-state index in [0.29, 0.717) is 6.42 Å². The van der Waals surface area contributed by atoms with Crippen LogP contribution in [0.25, 0.3) is 0 Å². The summed E-state index contributed by atoms with van der Waals surface area (Å²) in [6.45, 7) is 5.08. The van der Waals surface area contributed by atoms with Gasteiger partial charge in [0.15, 0.2) is 12.4 Å². The van der Waals surface area contributed by atoms with Gasteiger partial charge in [-0.1, -0.05) is 32.4 Å². The molecule has 0 aromatic rings. The summed E-state index contributed by atoms with van der Waals surface area (Å²) in [5.74, 6) is -1.14. The molecule has 4 rings (SSSR count). The molecule has 1 N–H and O–H groups in total. The number of Topliss-reactive ketones (excluding diaryl/α,β-unsaturated/α-hetero) is 2. The Bertz CT molecular complexity index is 884. The molecule has 0 spiro atoms. The smallest absolute Gasteiger partial charge is 0.305 e. The van der Waals surface area contributed by atoms with Gasteiger partial charge < -0.3 is 9.84 Å². The number of esters is 1. The Morgan fingerprint density at radius 1 is 1.23 bits per heavy atom. The first-order valence-electron chi connectivity index (χ1n) is 10.9. The Kier molecular flexibility index (Phi) is 4.92. The number of allylic oxidation sites excluding steroid dienone is 4. The lowest BCUT2D eigenvalue weighted by atomic mass is 9.46. The summed E-state index contributed by atoms with van der Waals surface area (Å²) in [7, 11) is 0. The molecular weight excluding hydrogens is 384 g/mol. The maximum absolute atomic E-state index is 13.5. The van der Waals surface area contributed by atoms with Crippen LogP contribution < -0.4 is 0 Å². The Hall–Kier alpha value is -2.08. The minimum Gasteiger partial charge on any atom is -0.458 e. The highest BCUT2D eigenvalue weighted by Gasteiger charge is 2.68. The van der Waals surface area contributed by atoms with Gasteiger partial charge in [0.1, 0.15) is 11.4 Å². The van der Waals surface area contributed by atoms with Crippen molar-refractivity contribution in [3.8, 4) is 0 Å². The third-order valence-corrected chi connectivity index (χ3v) is 8.52. The van der Waals surface area contributed by atoms with Crippen LogP contribution in [-0.2, 0) is 23.9 Å². The maximum atomic E-state index is 13.5. The maximum Gasteiger partial charge on any atom is 0.305 e. The first-order chi connectivity index (χ1) is 14.1. The number of carbonyl (C=O) groups is 4. The first kappa shape index (κ1) is 21.2. The lowest BCUT2D eigenvalue weighted by molar-refractivity contribution is -0.172. The number of fused-ring (bicyclic) bond motifs is 5. The molecule has 30 heavy (non-hydrogen) atoms. The van der Waals surface area contributed by atoms with Crippen molar-refractivity contribution >= 4 is 23.3 Å². The molecule has 0 aromatic heterocycles. The Morgan fingerprint density at radius 3 is 2.67 bits per heavy atom. The van der Waals surface area contributed by atoms with E-state index < -0.39 is 34.8 Å². The molecule has 4 aliphatic rings. The average molecular weight is 414 g/mol. The van der Waals surface area contributed by atoms with Gasteiger partial charge in [-0.2, -0.15) is 0 Å². The SMILES string of the molecule is CCC(=O)OCC(=O)C1(O)CCC2C3CCC4=CC(=O)C=CC4(C)C3C(=O)CC21C.